The van der Waals surface area contributed by atoms with Crippen LogP contribution in [0.2, 0.25) is 0 Å². The van der Waals surface area contributed by atoms with Gasteiger partial charge in [0.15, 0.2) is 0 Å². The van der Waals surface area contributed by atoms with Gasteiger partial charge in [-0.2, -0.15) is 0 Å². The summed E-state index contributed by atoms with van der Waals surface area (Å²) in [5.41, 5.74) is 5.64. The van der Waals surface area contributed by atoms with Gasteiger partial charge < -0.3 is 11.1 Å². The van der Waals surface area contributed by atoms with Gasteiger partial charge in [0.05, 0.1) is 0 Å². The minimum Gasteiger partial charge on any atom is -0.330 e. The molecule has 0 aliphatic heterocycles. The average molecular weight is 156 g/mol. The van der Waals surface area contributed by atoms with Crippen LogP contribution in [0.25, 0.3) is 0 Å². The second-order valence-corrected chi connectivity index (χ2v) is 3.92. The zero-order valence-corrected chi connectivity index (χ0v) is 7.64. The van der Waals surface area contributed by atoms with E-state index in [1.165, 1.54) is 12.8 Å². The molecular weight excluding hydrogens is 136 g/mol. The van der Waals surface area contributed by atoms with Crippen molar-refractivity contribution in [2.45, 2.75) is 32.7 Å². The Morgan fingerprint density at radius 2 is 2.09 bits per heavy atom. The Kier molecular flexibility index (Phi) is 3.34. The molecule has 1 fully saturated rings. The van der Waals surface area contributed by atoms with Gasteiger partial charge >= 0.3 is 0 Å². The van der Waals surface area contributed by atoms with Gasteiger partial charge in [0.1, 0.15) is 0 Å². The largest absolute Gasteiger partial charge is 0.330 e. The van der Waals surface area contributed by atoms with E-state index in [1.807, 2.05) is 0 Å². The average Bonchev–Trinajstić information content (AvgIpc) is 2.72. The third-order valence-corrected chi connectivity index (χ3v) is 2.49. The van der Waals surface area contributed by atoms with E-state index in [9.17, 15) is 0 Å². The van der Waals surface area contributed by atoms with E-state index in [0.29, 0.717) is 11.8 Å². The van der Waals surface area contributed by atoms with E-state index in [2.05, 4.69) is 19.2 Å². The van der Waals surface area contributed by atoms with E-state index < -0.39 is 0 Å². The Balaban J connectivity index is 2.08. The van der Waals surface area contributed by atoms with Crippen LogP contribution in [0.3, 0.4) is 0 Å². The van der Waals surface area contributed by atoms with Crippen LogP contribution < -0.4 is 11.1 Å². The molecule has 1 saturated carbocycles. The van der Waals surface area contributed by atoms with Crippen LogP contribution in [0.5, 0.6) is 0 Å². The summed E-state index contributed by atoms with van der Waals surface area (Å²) in [6, 6.07) is 0.822. The highest BCUT2D eigenvalue weighted by Crippen LogP contribution is 2.19. The molecule has 1 rings (SSSR count). The smallest absolute Gasteiger partial charge is 0.00683 e. The molecule has 2 nitrogen and oxygen atoms in total. The van der Waals surface area contributed by atoms with E-state index in [-0.39, 0.29) is 0 Å². The molecule has 11 heavy (non-hydrogen) atoms. The van der Waals surface area contributed by atoms with Gasteiger partial charge in [0.25, 0.3) is 0 Å². The maximum atomic E-state index is 5.64. The molecule has 1 aliphatic rings. The molecule has 0 aromatic carbocycles. The second kappa shape index (κ2) is 4.07. The molecular formula is C9H20N2. The summed E-state index contributed by atoms with van der Waals surface area (Å²) in [6.07, 6.45) is 2.74. The molecule has 0 aromatic heterocycles. The molecule has 66 valence electrons. The van der Waals surface area contributed by atoms with Crippen molar-refractivity contribution in [3.05, 3.63) is 0 Å². The maximum Gasteiger partial charge on any atom is 0.00683 e. The van der Waals surface area contributed by atoms with Crippen molar-refractivity contribution in [3.63, 3.8) is 0 Å². The van der Waals surface area contributed by atoms with E-state index in [4.69, 9.17) is 5.73 Å². The van der Waals surface area contributed by atoms with Crippen molar-refractivity contribution in [1.29, 1.82) is 0 Å². The minimum absolute atomic E-state index is 0.663. The summed E-state index contributed by atoms with van der Waals surface area (Å²) in [5, 5.41) is 3.51. The maximum absolute atomic E-state index is 5.64. The number of hydrogen-bond acceptors (Lipinski definition) is 2. The van der Waals surface area contributed by atoms with Crippen LogP contribution in [0.1, 0.15) is 26.7 Å². The fourth-order valence-corrected chi connectivity index (χ4v) is 1.20. The lowest BCUT2D eigenvalue weighted by atomic mass is 9.96. The van der Waals surface area contributed by atoms with Crippen molar-refractivity contribution in [3.8, 4) is 0 Å². The van der Waals surface area contributed by atoms with Crippen molar-refractivity contribution >= 4 is 0 Å². The number of hydrogen-bond donors (Lipinski definition) is 2. The van der Waals surface area contributed by atoms with E-state index in [0.717, 1.165) is 19.1 Å². The lowest BCUT2D eigenvalue weighted by Crippen LogP contribution is -2.32. The Labute approximate surface area is 69.5 Å². The molecule has 3 N–H and O–H groups in total. The standard InChI is InChI=1S/C9H20N2/c1-7(2)8(5-10)6-11-9-3-4-9/h7-9,11H,3-6,10H2,1-2H3. The quantitative estimate of drug-likeness (QED) is 0.622. The predicted molar refractivity (Wildman–Crippen MR) is 48.4 cm³/mol. The molecule has 1 unspecified atom stereocenters. The molecule has 2 heteroatoms. The summed E-state index contributed by atoms with van der Waals surface area (Å²) in [7, 11) is 0. The van der Waals surface area contributed by atoms with Crippen molar-refractivity contribution in [2.24, 2.45) is 17.6 Å². The summed E-state index contributed by atoms with van der Waals surface area (Å²) in [5.74, 6) is 1.38. The monoisotopic (exact) mass is 156 g/mol. The zero-order valence-electron chi connectivity index (χ0n) is 7.64. The first-order chi connectivity index (χ1) is 5.24. The first-order valence-electron chi connectivity index (χ1n) is 4.67. The van der Waals surface area contributed by atoms with Crippen molar-refractivity contribution in [1.82, 2.24) is 5.32 Å². The fourth-order valence-electron chi connectivity index (χ4n) is 1.20. The van der Waals surface area contributed by atoms with Gasteiger partial charge in [0, 0.05) is 6.04 Å². The summed E-state index contributed by atoms with van der Waals surface area (Å²) < 4.78 is 0. The van der Waals surface area contributed by atoms with E-state index in [1.54, 1.807) is 0 Å². The number of nitrogens with one attached hydrogen (secondary N) is 1. The highest BCUT2D eigenvalue weighted by molar-refractivity contribution is 4.82. The van der Waals surface area contributed by atoms with Gasteiger partial charge in [-0.15, -0.1) is 0 Å². The highest BCUT2D eigenvalue weighted by atomic mass is 14.9. The fraction of sp³-hybridized carbons (Fsp3) is 1.00. The normalized spacial score (nSPS) is 20.7. The van der Waals surface area contributed by atoms with Gasteiger partial charge in [0.2, 0.25) is 0 Å². The lowest BCUT2D eigenvalue weighted by molar-refractivity contribution is 0.370. The van der Waals surface area contributed by atoms with E-state index >= 15 is 0 Å². The third-order valence-electron chi connectivity index (χ3n) is 2.49. The topological polar surface area (TPSA) is 38.0 Å². The zero-order chi connectivity index (χ0) is 8.27. The van der Waals surface area contributed by atoms with Crippen LogP contribution in [-0.2, 0) is 0 Å². The van der Waals surface area contributed by atoms with Gasteiger partial charge in [-0.25, -0.2) is 0 Å². The van der Waals surface area contributed by atoms with Gasteiger partial charge in [-0.3, -0.25) is 0 Å². The molecule has 1 aliphatic carbocycles. The second-order valence-electron chi connectivity index (χ2n) is 3.92. The lowest BCUT2D eigenvalue weighted by Gasteiger charge is -2.18. The van der Waals surface area contributed by atoms with Crippen LogP contribution in [0, 0.1) is 11.8 Å². The first-order valence-corrected chi connectivity index (χ1v) is 4.67. The summed E-state index contributed by atoms with van der Waals surface area (Å²) >= 11 is 0. The van der Waals surface area contributed by atoms with Gasteiger partial charge in [-0.05, 0) is 37.8 Å². The summed E-state index contributed by atoms with van der Waals surface area (Å²) in [4.78, 5) is 0. The Morgan fingerprint density at radius 3 is 2.45 bits per heavy atom. The number of nitrogens with two attached hydrogens (primary N) is 1. The van der Waals surface area contributed by atoms with Gasteiger partial charge in [-0.1, -0.05) is 13.8 Å². The van der Waals surface area contributed by atoms with Crippen molar-refractivity contribution in [2.75, 3.05) is 13.1 Å². The van der Waals surface area contributed by atoms with Crippen molar-refractivity contribution < 1.29 is 0 Å². The Hall–Kier alpha value is -0.0800. The molecule has 0 aromatic rings. The van der Waals surface area contributed by atoms with Crippen LogP contribution in [0.4, 0.5) is 0 Å². The Morgan fingerprint density at radius 1 is 1.45 bits per heavy atom. The minimum atomic E-state index is 0.663. The van der Waals surface area contributed by atoms with Crippen LogP contribution in [0.15, 0.2) is 0 Å². The molecule has 0 heterocycles. The highest BCUT2D eigenvalue weighted by Gasteiger charge is 2.22. The molecule has 0 bridgehead atoms. The Bertz CT molecular complexity index is 108. The van der Waals surface area contributed by atoms with Crippen LogP contribution in [-0.4, -0.2) is 19.1 Å². The molecule has 0 radical (unpaired) electrons. The molecule has 1 atom stereocenters. The molecule has 0 saturated heterocycles. The first kappa shape index (κ1) is 9.01. The van der Waals surface area contributed by atoms with Crippen LogP contribution >= 0.6 is 0 Å². The predicted octanol–water partition coefficient (Wildman–Crippen LogP) is 0.969. The number of rotatable bonds is 5. The molecule has 0 spiro atoms. The third kappa shape index (κ3) is 3.21. The summed E-state index contributed by atoms with van der Waals surface area (Å²) in [6.45, 7) is 6.41. The SMILES string of the molecule is CC(C)C(CN)CNC1CC1. The molecule has 0 amide bonds.